The maximum absolute atomic E-state index is 5.57. The molecule has 2 heterocycles. The van der Waals surface area contributed by atoms with Crippen LogP contribution in [0.2, 0.25) is 0 Å². The third-order valence-electron chi connectivity index (χ3n) is 3.71. The third kappa shape index (κ3) is 2.87. The van der Waals surface area contributed by atoms with Crippen LogP contribution in [0.5, 0.6) is 0 Å². The number of aryl methyl sites for hydroxylation is 1. The van der Waals surface area contributed by atoms with Gasteiger partial charge in [0.2, 0.25) is 0 Å². The summed E-state index contributed by atoms with van der Waals surface area (Å²) in [7, 11) is 1.99. The number of hydrogen-bond acceptors (Lipinski definition) is 3. The minimum Gasteiger partial charge on any atom is -0.378 e. The predicted molar refractivity (Wildman–Crippen MR) is 67.9 cm³/mol. The van der Waals surface area contributed by atoms with Crippen molar-refractivity contribution >= 4 is 0 Å². The van der Waals surface area contributed by atoms with Crippen LogP contribution in [0.3, 0.4) is 0 Å². The molecule has 0 bridgehead atoms. The molecule has 17 heavy (non-hydrogen) atoms. The molecule has 0 aliphatic carbocycles. The Bertz CT molecular complexity index is 375. The Kier molecular flexibility index (Phi) is 3.84. The van der Waals surface area contributed by atoms with Crippen LogP contribution in [0, 0.1) is 6.92 Å². The normalized spacial score (nSPS) is 27.1. The number of ether oxygens (including phenoxy) is 1. The minimum atomic E-state index is 0.360. The topological polar surface area (TPSA) is 39.1 Å². The molecule has 4 heteroatoms. The maximum Gasteiger partial charge on any atom is 0.0561 e. The fourth-order valence-corrected chi connectivity index (χ4v) is 2.53. The summed E-state index contributed by atoms with van der Waals surface area (Å²) in [5, 5.41) is 7.98. The van der Waals surface area contributed by atoms with E-state index in [-0.39, 0.29) is 0 Å². The van der Waals surface area contributed by atoms with Gasteiger partial charge in [-0.3, -0.25) is 4.68 Å². The van der Waals surface area contributed by atoms with Crippen molar-refractivity contribution in [2.24, 2.45) is 7.05 Å². The van der Waals surface area contributed by atoms with Gasteiger partial charge in [-0.15, -0.1) is 0 Å². The molecule has 3 unspecified atom stereocenters. The molecule has 0 amide bonds. The maximum atomic E-state index is 5.57. The molecule has 1 aliphatic rings. The van der Waals surface area contributed by atoms with Crippen LogP contribution in [-0.2, 0) is 11.8 Å². The Morgan fingerprint density at radius 1 is 1.59 bits per heavy atom. The molecule has 96 valence electrons. The van der Waals surface area contributed by atoms with Gasteiger partial charge < -0.3 is 10.1 Å². The van der Waals surface area contributed by atoms with Gasteiger partial charge in [-0.25, -0.2) is 0 Å². The van der Waals surface area contributed by atoms with Crippen molar-refractivity contribution in [3.63, 3.8) is 0 Å². The van der Waals surface area contributed by atoms with E-state index in [1.165, 1.54) is 11.3 Å². The lowest BCUT2D eigenvalue weighted by molar-refractivity contribution is 0.0116. The molecule has 1 fully saturated rings. The van der Waals surface area contributed by atoms with Gasteiger partial charge in [0.25, 0.3) is 0 Å². The molecule has 0 spiro atoms. The molecule has 1 aromatic rings. The molecule has 0 radical (unpaired) electrons. The number of nitrogens with zero attached hydrogens (tertiary/aromatic N) is 2. The van der Waals surface area contributed by atoms with Gasteiger partial charge in [0.15, 0.2) is 0 Å². The van der Waals surface area contributed by atoms with E-state index in [9.17, 15) is 0 Å². The minimum absolute atomic E-state index is 0.360. The Morgan fingerprint density at radius 2 is 2.35 bits per heavy atom. The summed E-state index contributed by atoms with van der Waals surface area (Å²) in [6, 6.07) is 0.923. The summed E-state index contributed by atoms with van der Waals surface area (Å²) in [5.41, 5.74) is 2.54. The fraction of sp³-hybridized carbons (Fsp3) is 0.769. The highest BCUT2D eigenvalue weighted by Gasteiger charge is 2.22. The smallest absolute Gasteiger partial charge is 0.0561 e. The van der Waals surface area contributed by atoms with Crippen molar-refractivity contribution in [1.29, 1.82) is 0 Å². The lowest BCUT2D eigenvalue weighted by atomic mass is 10.0. The first-order chi connectivity index (χ1) is 8.08. The van der Waals surface area contributed by atoms with Gasteiger partial charge in [-0.05, 0) is 33.6 Å². The van der Waals surface area contributed by atoms with E-state index >= 15 is 0 Å². The van der Waals surface area contributed by atoms with Crippen LogP contribution in [0.4, 0.5) is 0 Å². The van der Waals surface area contributed by atoms with Crippen molar-refractivity contribution in [2.45, 2.75) is 51.8 Å². The molecule has 3 atom stereocenters. The highest BCUT2D eigenvalue weighted by atomic mass is 16.5. The number of aromatic nitrogens is 2. The molecule has 1 aliphatic heterocycles. The lowest BCUT2D eigenvalue weighted by Gasteiger charge is -2.30. The largest absolute Gasteiger partial charge is 0.378 e. The van der Waals surface area contributed by atoms with E-state index in [0.29, 0.717) is 18.2 Å². The standard InChI is InChI=1S/C13H23N3O/c1-9-7-12(5-6-17-9)15-10(2)13-8-14-16(4)11(13)3/h8-10,12,15H,5-7H2,1-4H3. The molecule has 1 saturated heterocycles. The Morgan fingerprint density at radius 3 is 2.94 bits per heavy atom. The van der Waals surface area contributed by atoms with Crippen molar-refractivity contribution in [3.05, 3.63) is 17.5 Å². The Hall–Kier alpha value is -0.870. The zero-order valence-corrected chi connectivity index (χ0v) is 11.2. The fourth-order valence-electron chi connectivity index (χ4n) is 2.53. The van der Waals surface area contributed by atoms with E-state index in [0.717, 1.165) is 19.4 Å². The van der Waals surface area contributed by atoms with Gasteiger partial charge >= 0.3 is 0 Å². The van der Waals surface area contributed by atoms with Crippen LogP contribution in [-0.4, -0.2) is 28.5 Å². The van der Waals surface area contributed by atoms with Crippen molar-refractivity contribution < 1.29 is 4.74 Å². The van der Waals surface area contributed by atoms with Gasteiger partial charge in [0, 0.05) is 37.0 Å². The van der Waals surface area contributed by atoms with Crippen molar-refractivity contribution in [1.82, 2.24) is 15.1 Å². The molecule has 0 saturated carbocycles. The van der Waals surface area contributed by atoms with Gasteiger partial charge in [-0.1, -0.05) is 0 Å². The average Bonchev–Trinajstić information content (AvgIpc) is 2.60. The van der Waals surface area contributed by atoms with E-state index in [1.54, 1.807) is 0 Å². The zero-order valence-electron chi connectivity index (χ0n) is 11.2. The van der Waals surface area contributed by atoms with Crippen molar-refractivity contribution in [2.75, 3.05) is 6.61 Å². The first-order valence-electron chi connectivity index (χ1n) is 6.44. The average molecular weight is 237 g/mol. The second-order valence-corrected chi connectivity index (χ2v) is 5.10. The van der Waals surface area contributed by atoms with E-state index in [2.05, 4.69) is 31.2 Å². The highest BCUT2D eigenvalue weighted by Crippen LogP contribution is 2.20. The molecule has 1 aromatic heterocycles. The summed E-state index contributed by atoms with van der Waals surface area (Å²) in [4.78, 5) is 0. The molecular weight excluding hydrogens is 214 g/mol. The van der Waals surface area contributed by atoms with Crippen LogP contribution in [0.1, 0.15) is 44.0 Å². The third-order valence-corrected chi connectivity index (χ3v) is 3.71. The molecule has 1 N–H and O–H groups in total. The van der Waals surface area contributed by atoms with Crippen LogP contribution in [0.15, 0.2) is 6.20 Å². The lowest BCUT2D eigenvalue weighted by Crippen LogP contribution is -2.39. The van der Waals surface area contributed by atoms with Crippen LogP contribution >= 0.6 is 0 Å². The van der Waals surface area contributed by atoms with E-state index in [4.69, 9.17) is 4.74 Å². The zero-order chi connectivity index (χ0) is 12.4. The number of hydrogen-bond donors (Lipinski definition) is 1. The summed E-state index contributed by atoms with van der Waals surface area (Å²) >= 11 is 0. The predicted octanol–water partition coefficient (Wildman–Crippen LogP) is 1.95. The number of rotatable bonds is 3. The summed E-state index contributed by atoms with van der Waals surface area (Å²) < 4.78 is 7.50. The van der Waals surface area contributed by atoms with Gasteiger partial charge in [-0.2, -0.15) is 5.10 Å². The summed E-state index contributed by atoms with van der Waals surface area (Å²) in [6.07, 6.45) is 4.55. The highest BCUT2D eigenvalue weighted by molar-refractivity contribution is 5.19. The van der Waals surface area contributed by atoms with Gasteiger partial charge in [0.1, 0.15) is 0 Å². The molecule has 4 nitrogen and oxygen atoms in total. The summed E-state index contributed by atoms with van der Waals surface area (Å²) in [6.45, 7) is 7.35. The quantitative estimate of drug-likeness (QED) is 0.873. The van der Waals surface area contributed by atoms with E-state index in [1.807, 2.05) is 17.9 Å². The van der Waals surface area contributed by atoms with Gasteiger partial charge in [0.05, 0.1) is 12.3 Å². The monoisotopic (exact) mass is 237 g/mol. The van der Waals surface area contributed by atoms with Crippen LogP contribution < -0.4 is 5.32 Å². The molecule has 2 rings (SSSR count). The molecule has 0 aromatic carbocycles. The van der Waals surface area contributed by atoms with Crippen LogP contribution in [0.25, 0.3) is 0 Å². The number of nitrogens with one attached hydrogen (secondary N) is 1. The first kappa shape index (κ1) is 12.6. The van der Waals surface area contributed by atoms with Crippen molar-refractivity contribution in [3.8, 4) is 0 Å². The summed E-state index contributed by atoms with van der Waals surface area (Å²) in [5.74, 6) is 0. The first-order valence-corrected chi connectivity index (χ1v) is 6.44. The SMILES string of the molecule is Cc1c(C(C)NC2CCOC(C)C2)cnn1C. The Labute approximate surface area is 103 Å². The molecular formula is C13H23N3O. The second kappa shape index (κ2) is 5.19. The Balaban J connectivity index is 1.96. The van der Waals surface area contributed by atoms with E-state index < -0.39 is 0 Å². The second-order valence-electron chi connectivity index (χ2n) is 5.10.